The molecule has 3 saturated heterocycles. The van der Waals surface area contributed by atoms with E-state index in [4.69, 9.17) is 44.2 Å². The first-order chi connectivity index (χ1) is 19.9. The number of nitrogen functional groups attached to an aromatic ring is 1. The summed E-state index contributed by atoms with van der Waals surface area (Å²) in [6.07, 6.45) is 6.55. The number of hydrogen-bond acceptors (Lipinski definition) is 7. The van der Waals surface area contributed by atoms with Gasteiger partial charge in [0.05, 0.1) is 35.3 Å². The summed E-state index contributed by atoms with van der Waals surface area (Å²) in [6.45, 7) is 14.2. The van der Waals surface area contributed by atoms with Crippen molar-refractivity contribution in [3.05, 3.63) is 40.0 Å². The van der Waals surface area contributed by atoms with E-state index < -0.39 is 0 Å². The van der Waals surface area contributed by atoms with Gasteiger partial charge in [0.2, 0.25) is 5.91 Å². The van der Waals surface area contributed by atoms with Gasteiger partial charge in [0.15, 0.2) is 5.82 Å². The Morgan fingerprint density at radius 3 is 2.48 bits per heavy atom. The van der Waals surface area contributed by atoms with Crippen LogP contribution in [0.25, 0.3) is 11.1 Å². The molecular weight excluding hydrogens is 573 g/mol. The van der Waals surface area contributed by atoms with E-state index in [-0.39, 0.29) is 22.9 Å². The Morgan fingerprint density at radius 2 is 1.90 bits per heavy atom. The Bertz CT molecular complexity index is 1440. The third-order valence-corrected chi connectivity index (χ3v) is 11.0. The summed E-state index contributed by atoms with van der Waals surface area (Å²) < 4.78 is 7.62. The van der Waals surface area contributed by atoms with E-state index in [9.17, 15) is 4.79 Å². The molecule has 9 nitrogen and oxygen atoms in total. The molecule has 1 saturated carbocycles. The molecule has 6 rings (SSSR count). The van der Waals surface area contributed by atoms with Crippen LogP contribution in [0, 0.1) is 17.7 Å². The van der Waals surface area contributed by atoms with Gasteiger partial charge < -0.3 is 25.7 Å². The van der Waals surface area contributed by atoms with E-state index in [0.29, 0.717) is 38.9 Å². The van der Waals surface area contributed by atoms with Crippen molar-refractivity contribution < 1.29 is 9.53 Å². The zero-order chi connectivity index (χ0) is 30.1. The van der Waals surface area contributed by atoms with Crippen LogP contribution in [0.4, 0.5) is 11.5 Å². The van der Waals surface area contributed by atoms with Crippen molar-refractivity contribution in [1.29, 1.82) is 5.41 Å². The summed E-state index contributed by atoms with van der Waals surface area (Å²) in [7, 11) is 2.22. The van der Waals surface area contributed by atoms with Crippen LogP contribution in [-0.2, 0) is 9.53 Å². The van der Waals surface area contributed by atoms with E-state index in [1.165, 1.54) is 12.3 Å². The molecule has 4 fully saturated rings. The number of aromatic nitrogens is 2. The number of carbonyl (C=O) groups excluding carboxylic acids is 1. The lowest BCUT2D eigenvalue weighted by atomic mass is 9.60. The second kappa shape index (κ2) is 10.5. The molecular formula is C31H41Cl2N7O2. The molecule has 1 unspecified atom stereocenters. The zero-order valence-electron chi connectivity index (χ0n) is 24.9. The number of halogens is 2. The van der Waals surface area contributed by atoms with Crippen LogP contribution in [0.15, 0.2) is 18.7 Å². The SMILES string of the molecule is C=CC(=O)N1CC2(CC(n3nc(N4CCC(N(C)C5COC5)CC4(C)C)c(-c4c(Cl)c(Cl)cc(N)c4C=N)c3C)C2)C1. The molecule has 226 valence electrons. The van der Waals surface area contributed by atoms with Gasteiger partial charge in [-0.1, -0.05) is 29.8 Å². The fraction of sp³-hybridized carbons (Fsp3) is 0.581. The number of nitrogens with one attached hydrogen (secondary N) is 1. The van der Waals surface area contributed by atoms with Crippen LogP contribution < -0.4 is 10.6 Å². The number of hydrogen-bond donors (Lipinski definition) is 2. The molecule has 4 heterocycles. The van der Waals surface area contributed by atoms with Crippen LogP contribution in [0.2, 0.25) is 10.0 Å². The van der Waals surface area contributed by atoms with Gasteiger partial charge in [-0.2, -0.15) is 5.10 Å². The molecule has 11 heteroatoms. The van der Waals surface area contributed by atoms with E-state index in [1.807, 2.05) is 4.90 Å². The molecule has 1 spiro atoms. The summed E-state index contributed by atoms with van der Waals surface area (Å²) in [5.74, 6) is 0.854. The number of anilines is 2. The normalized spacial score (nSPS) is 23.5. The Balaban J connectivity index is 1.38. The highest BCUT2D eigenvalue weighted by molar-refractivity contribution is 6.44. The minimum Gasteiger partial charge on any atom is -0.398 e. The predicted molar refractivity (Wildman–Crippen MR) is 169 cm³/mol. The summed E-state index contributed by atoms with van der Waals surface area (Å²) >= 11 is 13.5. The van der Waals surface area contributed by atoms with E-state index in [0.717, 1.165) is 75.6 Å². The number of rotatable bonds is 7. The molecule has 2 aromatic rings. The number of amides is 1. The highest BCUT2D eigenvalue weighted by Gasteiger charge is 2.55. The number of nitrogens with zero attached hydrogens (tertiary/aromatic N) is 5. The summed E-state index contributed by atoms with van der Waals surface area (Å²) in [5, 5.41) is 14.3. The summed E-state index contributed by atoms with van der Waals surface area (Å²) in [6, 6.07) is 2.76. The van der Waals surface area contributed by atoms with Crippen molar-refractivity contribution in [2.45, 2.75) is 70.1 Å². The molecule has 4 aliphatic rings. The van der Waals surface area contributed by atoms with Crippen molar-refractivity contribution >= 4 is 46.8 Å². The molecule has 42 heavy (non-hydrogen) atoms. The molecule has 1 atom stereocenters. The number of carbonyl (C=O) groups is 1. The van der Waals surface area contributed by atoms with Gasteiger partial charge in [-0.25, -0.2) is 0 Å². The van der Waals surface area contributed by atoms with Crippen molar-refractivity contribution in [2.24, 2.45) is 5.41 Å². The minimum absolute atomic E-state index is 0.00242. The number of likely N-dealkylation sites (N-methyl/N-ethyl adjacent to an activating group) is 1. The van der Waals surface area contributed by atoms with Gasteiger partial charge in [-0.15, -0.1) is 0 Å². The van der Waals surface area contributed by atoms with E-state index >= 15 is 0 Å². The Kier molecular flexibility index (Phi) is 7.40. The van der Waals surface area contributed by atoms with Gasteiger partial charge in [0.25, 0.3) is 0 Å². The van der Waals surface area contributed by atoms with Gasteiger partial charge in [0.1, 0.15) is 0 Å². The lowest BCUT2D eigenvalue weighted by molar-refractivity contribution is -0.149. The smallest absolute Gasteiger partial charge is 0.245 e. The van der Waals surface area contributed by atoms with Gasteiger partial charge in [-0.05, 0) is 65.6 Å². The number of piperidine rings is 1. The number of benzene rings is 1. The second-order valence-corrected chi connectivity index (χ2v) is 14.1. The first-order valence-electron chi connectivity index (χ1n) is 14.8. The van der Waals surface area contributed by atoms with Crippen molar-refractivity contribution in [3.8, 4) is 11.1 Å². The largest absolute Gasteiger partial charge is 0.398 e. The third-order valence-electron chi connectivity index (χ3n) is 10.2. The van der Waals surface area contributed by atoms with Crippen molar-refractivity contribution in [1.82, 2.24) is 19.6 Å². The fourth-order valence-corrected chi connectivity index (χ4v) is 8.15. The van der Waals surface area contributed by atoms with Gasteiger partial charge in [-0.3, -0.25) is 14.4 Å². The number of nitrogens with two attached hydrogens (primary N) is 1. The maximum atomic E-state index is 12.1. The van der Waals surface area contributed by atoms with E-state index in [1.54, 1.807) is 6.07 Å². The number of ether oxygens (including phenoxy) is 1. The standard InChI is InChI=1S/C31H41Cl2N7O2/c1-6-25(41)38-16-31(17-38)11-20(12-31)40-18(2)26(27-22(13-34)24(35)9-23(32)28(27)33)29(36-40)39-8-7-19(10-30(39,3)4)37(5)21-14-42-15-21/h6,9,13,19-21,34H,1,7-8,10-12,14-17,35H2,2-5H3. The first kappa shape index (κ1) is 29.5. The van der Waals surface area contributed by atoms with Gasteiger partial charge in [0, 0.05) is 70.9 Å². The summed E-state index contributed by atoms with van der Waals surface area (Å²) in [4.78, 5) is 18.8. The van der Waals surface area contributed by atoms with Crippen LogP contribution in [0.3, 0.4) is 0 Å². The van der Waals surface area contributed by atoms with Crippen molar-refractivity contribution in [2.75, 3.05) is 50.5 Å². The van der Waals surface area contributed by atoms with Gasteiger partial charge >= 0.3 is 0 Å². The predicted octanol–water partition coefficient (Wildman–Crippen LogP) is 5.17. The summed E-state index contributed by atoms with van der Waals surface area (Å²) in [5.41, 5.74) is 9.85. The Hall–Kier alpha value is -2.59. The maximum absolute atomic E-state index is 12.1. The molecule has 3 aliphatic heterocycles. The minimum atomic E-state index is -0.191. The molecule has 0 bridgehead atoms. The Labute approximate surface area is 258 Å². The average Bonchev–Trinajstić information content (AvgIpc) is 3.18. The second-order valence-electron chi connectivity index (χ2n) is 13.4. The highest BCUT2D eigenvalue weighted by Crippen LogP contribution is 2.56. The first-order valence-corrected chi connectivity index (χ1v) is 15.5. The molecule has 1 aliphatic carbocycles. The lowest BCUT2D eigenvalue weighted by Gasteiger charge is -2.58. The number of likely N-dealkylation sites (tertiary alicyclic amines) is 1. The lowest BCUT2D eigenvalue weighted by Crippen LogP contribution is -2.63. The monoisotopic (exact) mass is 613 g/mol. The highest BCUT2D eigenvalue weighted by atomic mass is 35.5. The zero-order valence-corrected chi connectivity index (χ0v) is 26.4. The van der Waals surface area contributed by atoms with Crippen LogP contribution in [-0.4, -0.2) is 89.2 Å². The maximum Gasteiger partial charge on any atom is 0.245 e. The van der Waals surface area contributed by atoms with Crippen molar-refractivity contribution in [3.63, 3.8) is 0 Å². The Morgan fingerprint density at radius 1 is 1.21 bits per heavy atom. The van der Waals surface area contributed by atoms with Crippen LogP contribution in [0.1, 0.15) is 56.8 Å². The van der Waals surface area contributed by atoms with E-state index in [2.05, 4.69) is 48.9 Å². The third kappa shape index (κ3) is 4.64. The molecule has 3 N–H and O–H groups in total. The molecule has 0 radical (unpaired) electrons. The quantitative estimate of drug-likeness (QED) is 0.253. The topological polar surface area (TPSA) is 104 Å². The van der Waals surface area contributed by atoms with Crippen LogP contribution in [0.5, 0.6) is 0 Å². The molecule has 1 amide bonds. The van der Waals surface area contributed by atoms with Crippen LogP contribution >= 0.6 is 23.2 Å². The molecule has 1 aromatic carbocycles. The average molecular weight is 615 g/mol. The molecule has 1 aromatic heterocycles. The fourth-order valence-electron chi connectivity index (χ4n) is 7.69.